The van der Waals surface area contributed by atoms with Crippen molar-refractivity contribution >= 4 is 18.6 Å². The van der Waals surface area contributed by atoms with E-state index in [1.807, 2.05) is 0 Å². The maximum atomic E-state index is 13.4. The van der Waals surface area contributed by atoms with Gasteiger partial charge in [-0.1, -0.05) is 0 Å². The van der Waals surface area contributed by atoms with Crippen molar-refractivity contribution in [3.8, 4) is 0 Å². The van der Waals surface area contributed by atoms with Crippen LogP contribution in [0.15, 0.2) is 12.1 Å². The largest absolute Gasteiger partial charge is 0.478 e. The van der Waals surface area contributed by atoms with E-state index in [4.69, 9.17) is 5.11 Å². The molecule has 0 spiro atoms. The van der Waals surface area contributed by atoms with Crippen molar-refractivity contribution in [2.45, 2.75) is 12.2 Å². The molecule has 0 radical (unpaired) electrons. The van der Waals surface area contributed by atoms with E-state index in [-0.39, 0.29) is 5.75 Å². The highest BCUT2D eigenvalue weighted by Crippen LogP contribution is 2.24. The molecule has 0 aliphatic rings. The molecule has 94 valence electrons. The van der Waals surface area contributed by atoms with Gasteiger partial charge in [0, 0.05) is 11.3 Å². The van der Waals surface area contributed by atoms with E-state index in [1.165, 1.54) is 0 Å². The van der Waals surface area contributed by atoms with Crippen molar-refractivity contribution in [2.75, 3.05) is 5.75 Å². The first-order chi connectivity index (χ1) is 7.88. The molecule has 4 nitrogen and oxygen atoms in total. The molecule has 1 aromatic carbocycles. The first-order valence-corrected chi connectivity index (χ1v) is 5.21. The molecule has 2 unspecified atom stereocenters. The van der Waals surface area contributed by atoms with Gasteiger partial charge in [-0.3, -0.25) is 0 Å². The fraction of sp³-hybridized carbons (Fsp3) is 0.300. The zero-order valence-corrected chi connectivity index (χ0v) is 9.36. The number of aliphatic hydroxyl groups is 2. The van der Waals surface area contributed by atoms with Crippen LogP contribution in [-0.4, -0.2) is 33.1 Å². The molecular weight excluding hydrogens is 254 g/mol. The van der Waals surface area contributed by atoms with Gasteiger partial charge in [-0.25, -0.2) is 13.6 Å². The van der Waals surface area contributed by atoms with Gasteiger partial charge in [0.1, 0.15) is 17.7 Å². The molecule has 0 saturated carbocycles. The Kier molecular flexibility index (Phi) is 4.44. The quantitative estimate of drug-likeness (QED) is 0.612. The van der Waals surface area contributed by atoms with Crippen LogP contribution in [0.3, 0.4) is 0 Å². The smallest absolute Gasteiger partial charge is 0.338 e. The lowest BCUT2D eigenvalue weighted by Crippen LogP contribution is -2.21. The second-order valence-electron chi connectivity index (χ2n) is 3.35. The number of rotatable bonds is 4. The number of aliphatic hydroxyl groups excluding tert-OH is 2. The van der Waals surface area contributed by atoms with Gasteiger partial charge < -0.3 is 15.3 Å². The van der Waals surface area contributed by atoms with Gasteiger partial charge in [0.05, 0.1) is 11.7 Å². The molecule has 0 aliphatic carbocycles. The van der Waals surface area contributed by atoms with E-state index < -0.39 is 40.9 Å². The van der Waals surface area contributed by atoms with Crippen molar-refractivity contribution in [3.63, 3.8) is 0 Å². The maximum Gasteiger partial charge on any atom is 0.338 e. The highest BCUT2D eigenvalue weighted by atomic mass is 32.1. The van der Waals surface area contributed by atoms with E-state index in [0.717, 1.165) is 0 Å². The van der Waals surface area contributed by atoms with Gasteiger partial charge in [-0.15, -0.1) is 0 Å². The van der Waals surface area contributed by atoms with Crippen LogP contribution in [0, 0.1) is 11.6 Å². The van der Waals surface area contributed by atoms with Gasteiger partial charge in [0.2, 0.25) is 0 Å². The Morgan fingerprint density at radius 3 is 2.35 bits per heavy atom. The Bertz CT molecular complexity index is 439. The molecule has 0 saturated heterocycles. The first-order valence-electron chi connectivity index (χ1n) is 4.57. The summed E-state index contributed by atoms with van der Waals surface area (Å²) in [6.07, 6.45) is -3.03. The number of carboxylic acids is 1. The molecule has 0 aliphatic heterocycles. The minimum absolute atomic E-state index is 0.150. The minimum Gasteiger partial charge on any atom is -0.478 e. The molecule has 3 N–H and O–H groups in total. The zero-order valence-electron chi connectivity index (χ0n) is 8.47. The van der Waals surface area contributed by atoms with Crippen LogP contribution in [0.4, 0.5) is 8.78 Å². The van der Waals surface area contributed by atoms with Gasteiger partial charge in [0.25, 0.3) is 0 Å². The molecular formula is C10H10F2O4S. The number of aromatic carboxylic acids is 1. The van der Waals surface area contributed by atoms with Crippen LogP contribution >= 0.6 is 12.6 Å². The van der Waals surface area contributed by atoms with Crippen LogP contribution in [0.2, 0.25) is 0 Å². The van der Waals surface area contributed by atoms with E-state index in [9.17, 15) is 23.8 Å². The molecule has 0 amide bonds. The fourth-order valence-corrected chi connectivity index (χ4v) is 1.46. The normalized spacial score (nSPS) is 14.4. The number of hydrogen-bond acceptors (Lipinski definition) is 4. The summed E-state index contributed by atoms with van der Waals surface area (Å²) in [7, 11) is 0. The summed E-state index contributed by atoms with van der Waals surface area (Å²) in [5.74, 6) is -4.04. The summed E-state index contributed by atoms with van der Waals surface area (Å²) in [5, 5.41) is 27.3. The van der Waals surface area contributed by atoms with Gasteiger partial charge in [0.15, 0.2) is 0 Å². The molecule has 1 aromatic rings. The van der Waals surface area contributed by atoms with Crippen molar-refractivity contribution in [1.82, 2.24) is 0 Å². The SMILES string of the molecule is O=C(O)c1cc(F)c(C(O)C(O)CS)cc1F. The summed E-state index contributed by atoms with van der Waals surface area (Å²) in [5.41, 5.74) is -1.34. The standard InChI is InChI=1S/C10H10F2O4S/c11-6-2-5(10(15)16)7(12)1-4(6)9(14)8(13)3-17/h1-2,8-9,13-14,17H,3H2,(H,15,16). The number of benzene rings is 1. The van der Waals surface area contributed by atoms with Crippen LogP contribution < -0.4 is 0 Å². The van der Waals surface area contributed by atoms with Crippen molar-refractivity contribution in [1.29, 1.82) is 0 Å². The molecule has 0 bridgehead atoms. The Morgan fingerprint density at radius 1 is 1.29 bits per heavy atom. The predicted molar refractivity (Wildman–Crippen MR) is 58.1 cm³/mol. The Labute approximate surface area is 101 Å². The zero-order chi connectivity index (χ0) is 13.2. The van der Waals surface area contributed by atoms with Crippen molar-refractivity contribution in [3.05, 3.63) is 34.9 Å². The van der Waals surface area contributed by atoms with Crippen molar-refractivity contribution in [2.24, 2.45) is 0 Å². The van der Waals surface area contributed by atoms with E-state index in [2.05, 4.69) is 12.6 Å². The van der Waals surface area contributed by atoms with Crippen LogP contribution in [0.1, 0.15) is 22.0 Å². The number of carboxylic acid groups (broad SMARTS) is 1. The van der Waals surface area contributed by atoms with E-state index in [0.29, 0.717) is 12.1 Å². The minimum atomic E-state index is -1.66. The lowest BCUT2D eigenvalue weighted by atomic mass is 10.0. The summed E-state index contributed by atoms with van der Waals surface area (Å²) in [6, 6.07) is 1.01. The third-order valence-corrected chi connectivity index (χ3v) is 2.56. The highest BCUT2D eigenvalue weighted by Gasteiger charge is 2.23. The van der Waals surface area contributed by atoms with Crippen LogP contribution in [0.25, 0.3) is 0 Å². The predicted octanol–water partition coefficient (Wildman–Crippen LogP) is 0.987. The lowest BCUT2D eigenvalue weighted by molar-refractivity contribution is 0.0312. The number of thiol groups is 1. The second kappa shape index (κ2) is 5.44. The fourth-order valence-electron chi connectivity index (χ4n) is 1.26. The topological polar surface area (TPSA) is 77.8 Å². The third-order valence-electron chi connectivity index (χ3n) is 2.19. The first kappa shape index (κ1) is 13.9. The van der Waals surface area contributed by atoms with E-state index in [1.54, 1.807) is 0 Å². The molecule has 7 heteroatoms. The second-order valence-corrected chi connectivity index (χ2v) is 3.72. The summed E-state index contributed by atoms with van der Waals surface area (Å²) >= 11 is 3.70. The van der Waals surface area contributed by atoms with Crippen molar-refractivity contribution < 1.29 is 28.9 Å². The van der Waals surface area contributed by atoms with E-state index >= 15 is 0 Å². The Hall–Kier alpha value is -1.18. The molecule has 17 heavy (non-hydrogen) atoms. The molecule has 2 atom stereocenters. The Balaban J connectivity index is 3.20. The van der Waals surface area contributed by atoms with Crippen LogP contribution in [0.5, 0.6) is 0 Å². The molecule has 0 fully saturated rings. The lowest BCUT2D eigenvalue weighted by Gasteiger charge is -2.17. The average molecular weight is 264 g/mol. The molecule has 0 aromatic heterocycles. The monoisotopic (exact) mass is 264 g/mol. The number of hydrogen-bond donors (Lipinski definition) is 4. The number of carbonyl (C=O) groups is 1. The Morgan fingerprint density at radius 2 is 1.88 bits per heavy atom. The van der Waals surface area contributed by atoms with Crippen LogP contribution in [-0.2, 0) is 0 Å². The third kappa shape index (κ3) is 2.93. The summed E-state index contributed by atoms with van der Waals surface area (Å²) in [4.78, 5) is 10.5. The highest BCUT2D eigenvalue weighted by molar-refractivity contribution is 7.80. The van der Waals surface area contributed by atoms with Gasteiger partial charge in [-0.2, -0.15) is 12.6 Å². The number of halogens is 2. The summed E-state index contributed by atoms with van der Waals surface area (Å²) < 4.78 is 26.7. The average Bonchev–Trinajstić information content (AvgIpc) is 2.29. The van der Waals surface area contributed by atoms with Gasteiger partial charge in [-0.05, 0) is 12.1 Å². The summed E-state index contributed by atoms with van der Waals surface area (Å²) in [6.45, 7) is 0. The molecule has 0 heterocycles. The maximum absolute atomic E-state index is 13.4. The van der Waals surface area contributed by atoms with Gasteiger partial charge >= 0.3 is 5.97 Å². The molecule has 1 rings (SSSR count).